The van der Waals surface area contributed by atoms with Gasteiger partial charge in [0.1, 0.15) is 5.69 Å². The molecule has 0 bridgehead atoms. The molecule has 0 fully saturated rings. The van der Waals surface area contributed by atoms with Gasteiger partial charge in [-0.3, -0.25) is 14.9 Å². The number of rotatable bonds is 4. The second-order valence-corrected chi connectivity index (χ2v) is 5.29. The summed E-state index contributed by atoms with van der Waals surface area (Å²) >= 11 is 1.35. The number of aryl methyl sites for hydroxylation is 1. The second-order valence-electron chi connectivity index (χ2n) is 4.24. The first-order chi connectivity index (χ1) is 9.56. The molecule has 20 heavy (non-hydrogen) atoms. The largest absolute Gasteiger partial charge is 0.399 e. The number of carbonyl (C=O) groups excluding carboxylic acids is 2. The predicted octanol–water partition coefficient (Wildman–Crippen LogP) is 1.66. The Kier molecular flexibility index (Phi) is 4.47. The van der Waals surface area contributed by atoms with Gasteiger partial charge in [-0.25, -0.2) is 0 Å². The van der Waals surface area contributed by atoms with Crippen LogP contribution in [0.3, 0.4) is 0 Å². The van der Waals surface area contributed by atoms with Gasteiger partial charge in [0.25, 0.3) is 5.91 Å². The summed E-state index contributed by atoms with van der Waals surface area (Å²) in [6, 6.07) is 10.6. The highest BCUT2D eigenvalue weighted by Gasteiger charge is 2.12. The number of thioether (sulfide) groups is 1. The van der Waals surface area contributed by atoms with Gasteiger partial charge in [0.05, 0.1) is 5.75 Å². The number of hydrogen-bond donors (Lipinski definition) is 2. The van der Waals surface area contributed by atoms with Gasteiger partial charge in [-0.15, -0.1) is 11.8 Å². The lowest BCUT2D eigenvalue weighted by atomic mass is 10.3. The molecule has 6 heteroatoms. The van der Waals surface area contributed by atoms with Gasteiger partial charge >= 0.3 is 0 Å². The highest BCUT2D eigenvalue weighted by molar-refractivity contribution is 8.00. The lowest BCUT2D eigenvalue weighted by Gasteiger charge is -2.05. The molecule has 5 nitrogen and oxygen atoms in total. The smallest absolute Gasteiger partial charge is 0.274 e. The summed E-state index contributed by atoms with van der Waals surface area (Å²) in [5.74, 6) is -0.529. The zero-order valence-electron chi connectivity index (χ0n) is 11.0. The van der Waals surface area contributed by atoms with Gasteiger partial charge < -0.3 is 10.3 Å². The molecule has 0 unspecified atom stereocenters. The van der Waals surface area contributed by atoms with Gasteiger partial charge in [-0.2, -0.15) is 0 Å². The van der Waals surface area contributed by atoms with E-state index in [-0.39, 0.29) is 17.6 Å². The first-order valence-electron chi connectivity index (χ1n) is 6.00. The number of nitrogens with two attached hydrogens (primary N) is 1. The van der Waals surface area contributed by atoms with E-state index in [9.17, 15) is 9.59 Å². The molecule has 0 atom stereocenters. The van der Waals surface area contributed by atoms with Crippen LogP contribution in [0.2, 0.25) is 0 Å². The SMILES string of the molecule is Cn1cccc1C(=O)NC(=O)CSc1ccc(N)cc1. The highest BCUT2D eigenvalue weighted by Crippen LogP contribution is 2.18. The van der Waals surface area contributed by atoms with E-state index in [2.05, 4.69) is 5.32 Å². The third kappa shape index (κ3) is 3.64. The van der Waals surface area contributed by atoms with Gasteiger partial charge in [0.15, 0.2) is 0 Å². The second kappa shape index (κ2) is 6.29. The van der Waals surface area contributed by atoms with E-state index in [1.54, 1.807) is 42.1 Å². The molecule has 0 radical (unpaired) electrons. The summed E-state index contributed by atoms with van der Waals surface area (Å²) in [6.07, 6.45) is 1.75. The van der Waals surface area contributed by atoms with Gasteiger partial charge in [0.2, 0.25) is 5.91 Å². The Morgan fingerprint density at radius 2 is 1.95 bits per heavy atom. The minimum Gasteiger partial charge on any atom is -0.399 e. The lowest BCUT2D eigenvalue weighted by molar-refractivity contribution is -0.117. The molecular weight excluding hydrogens is 274 g/mol. The number of aromatic nitrogens is 1. The van der Waals surface area contributed by atoms with E-state index in [1.807, 2.05) is 12.1 Å². The normalized spacial score (nSPS) is 10.2. The van der Waals surface area contributed by atoms with Crippen LogP contribution in [0, 0.1) is 0 Å². The molecule has 0 aliphatic heterocycles. The Morgan fingerprint density at radius 3 is 2.55 bits per heavy atom. The molecular formula is C14H15N3O2S. The van der Waals surface area contributed by atoms with Crippen LogP contribution >= 0.6 is 11.8 Å². The van der Waals surface area contributed by atoms with Crippen LogP contribution in [0.15, 0.2) is 47.5 Å². The molecule has 0 aliphatic rings. The number of nitrogens with one attached hydrogen (secondary N) is 1. The maximum atomic E-state index is 11.8. The molecule has 2 aromatic rings. The van der Waals surface area contributed by atoms with Crippen LogP contribution in [0.1, 0.15) is 10.5 Å². The number of amides is 2. The van der Waals surface area contributed by atoms with Gasteiger partial charge in [0, 0.05) is 23.8 Å². The molecule has 2 amide bonds. The van der Waals surface area contributed by atoms with Crippen LogP contribution in [0.5, 0.6) is 0 Å². The van der Waals surface area contributed by atoms with Crippen molar-refractivity contribution in [3.63, 3.8) is 0 Å². The first kappa shape index (κ1) is 14.2. The van der Waals surface area contributed by atoms with E-state index in [0.717, 1.165) is 4.90 Å². The van der Waals surface area contributed by atoms with E-state index >= 15 is 0 Å². The summed E-state index contributed by atoms with van der Waals surface area (Å²) < 4.78 is 1.66. The van der Waals surface area contributed by atoms with E-state index < -0.39 is 0 Å². The fraction of sp³-hybridized carbons (Fsp3) is 0.143. The minimum absolute atomic E-state index is 0.181. The molecule has 0 spiro atoms. The maximum absolute atomic E-state index is 11.8. The Balaban J connectivity index is 1.85. The average Bonchev–Trinajstić information content (AvgIpc) is 2.84. The molecule has 0 aliphatic carbocycles. The van der Waals surface area contributed by atoms with Crippen molar-refractivity contribution in [2.24, 2.45) is 7.05 Å². The fourth-order valence-electron chi connectivity index (χ4n) is 1.64. The van der Waals surface area contributed by atoms with E-state index in [0.29, 0.717) is 11.4 Å². The molecule has 1 heterocycles. The topological polar surface area (TPSA) is 77.1 Å². The van der Waals surface area contributed by atoms with Crippen molar-refractivity contribution in [3.05, 3.63) is 48.3 Å². The summed E-state index contributed by atoms with van der Waals surface area (Å²) in [5, 5.41) is 2.36. The number of carbonyl (C=O) groups is 2. The van der Waals surface area contributed by atoms with Crippen LogP contribution in [-0.2, 0) is 11.8 Å². The molecule has 0 saturated heterocycles. The Bertz CT molecular complexity index is 620. The lowest BCUT2D eigenvalue weighted by Crippen LogP contribution is -2.32. The standard InChI is InChI=1S/C14H15N3O2S/c1-17-8-2-3-12(17)14(19)16-13(18)9-20-11-6-4-10(15)5-7-11/h2-8H,9,15H2,1H3,(H,16,18,19). The summed E-state index contributed by atoms with van der Waals surface area (Å²) in [4.78, 5) is 24.5. The van der Waals surface area contributed by atoms with Crippen molar-refractivity contribution < 1.29 is 9.59 Å². The van der Waals surface area contributed by atoms with Crippen LogP contribution in [0.4, 0.5) is 5.69 Å². The number of benzene rings is 1. The number of imide groups is 1. The van der Waals surface area contributed by atoms with Crippen LogP contribution in [0.25, 0.3) is 0 Å². The van der Waals surface area contributed by atoms with E-state index in [4.69, 9.17) is 5.73 Å². The van der Waals surface area contributed by atoms with E-state index in [1.165, 1.54) is 11.8 Å². The number of anilines is 1. The first-order valence-corrected chi connectivity index (χ1v) is 6.98. The molecule has 3 N–H and O–H groups in total. The van der Waals surface area contributed by atoms with Crippen molar-refractivity contribution in [2.75, 3.05) is 11.5 Å². The zero-order chi connectivity index (χ0) is 14.5. The van der Waals surface area contributed by atoms with Crippen molar-refractivity contribution in [2.45, 2.75) is 4.90 Å². The number of hydrogen-bond acceptors (Lipinski definition) is 4. The Labute approximate surface area is 121 Å². The third-order valence-electron chi connectivity index (χ3n) is 2.68. The van der Waals surface area contributed by atoms with Crippen molar-refractivity contribution >= 4 is 29.3 Å². The molecule has 1 aromatic heterocycles. The third-order valence-corrected chi connectivity index (χ3v) is 3.69. The van der Waals surface area contributed by atoms with Crippen LogP contribution in [-0.4, -0.2) is 22.1 Å². The fourth-order valence-corrected chi connectivity index (χ4v) is 2.34. The van der Waals surface area contributed by atoms with Gasteiger partial charge in [-0.05, 0) is 36.4 Å². The minimum atomic E-state index is -0.389. The quantitative estimate of drug-likeness (QED) is 0.663. The zero-order valence-corrected chi connectivity index (χ0v) is 11.8. The molecule has 104 valence electrons. The van der Waals surface area contributed by atoms with Crippen molar-refractivity contribution in [1.29, 1.82) is 0 Å². The maximum Gasteiger partial charge on any atom is 0.274 e. The number of nitrogen functional groups attached to an aromatic ring is 1. The highest BCUT2D eigenvalue weighted by atomic mass is 32.2. The Morgan fingerprint density at radius 1 is 1.25 bits per heavy atom. The summed E-state index contributed by atoms with van der Waals surface area (Å²) in [5.41, 5.74) is 6.71. The summed E-state index contributed by atoms with van der Waals surface area (Å²) in [6.45, 7) is 0. The molecule has 0 saturated carbocycles. The van der Waals surface area contributed by atoms with Crippen molar-refractivity contribution in [1.82, 2.24) is 9.88 Å². The molecule has 2 rings (SSSR count). The predicted molar refractivity (Wildman–Crippen MR) is 79.5 cm³/mol. The van der Waals surface area contributed by atoms with Crippen LogP contribution < -0.4 is 11.1 Å². The van der Waals surface area contributed by atoms with Gasteiger partial charge in [-0.1, -0.05) is 0 Å². The molecule has 1 aromatic carbocycles. The summed E-state index contributed by atoms with van der Waals surface area (Å²) in [7, 11) is 1.75. The number of nitrogens with zero attached hydrogens (tertiary/aromatic N) is 1. The monoisotopic (exact) mass is 289 g/mol. The Hall–Kier alpha value is -2.21. The van der Waals surface area contributed by atoms with Crippen molar-refractivity contribution in [3.8, 4) is 0 Å². The average molecular weight is 289 g/mol.